The molecule has 0 N–H and O–H groups in total. The number of hydrogen-bond donors (Lipinski definition) is 0. The summed E-state index contributed by atoms with van der Waals surface area (Å²) in [6, 6.07) is 3.42. The highest BCUT2D eigenvalue weighted by Gasteiger charge is 2.53. The topological polar surface area (TPSA) is 85.3 Å². The van der Waals surface area contributed by atoms with E-state index in [1.54, 1.807) is 6.92 Å². The first-order chi connectivity index (χ1) is 15.0. The number of alkyl halides is 3. The van der Waals surface area contributed by atoms with Crippen LogP contribution >= 0.6 is 11.6 Å². The van der Waals surface area contributed by atoms with Crippen LogP contribution in [0.25, 0.3) is 0 Å². The molecule has 0 aromatic heterocycles. The summed E-state index contributed by atoms with van der Waals surface area (Å²) in [4.78, 5) is 17.8. The Bertz CT molecular complexity index is 932. The maximum absolute atomic E-state index is 13.4. The van der Waals surface area contributed by atoms with E-state index in [0.29, 0.717) is 12.5 Å². The number of ether oxygens (including phenoxy) is 1. The van der Waals surface area contributed by atoms with Gasteiger partial charge in [0.05, 0.1) is 18.0 Å². The van der Waals surface area contributed by atoms with Gasteiger partial charge in [0, 0.05) is 10.6 Å². The van der Waals surface area contributed by atoms with Gasteiger partial charge in [-0.3, -0.25) is 0 Å². The fourth-order valence-corrected chi connectivity index (χ4v) is 4.45. The number of benzene rings is 1. The Morgan fingerprint density at radius 1 is 1.22 bits per heavy atom. The van der Waals surface area contributed by atoms with E-state index in [9.17, 15) is 26.4 Å². The molecule has 0 bridgehead atoms. The predicted octanol–water partition coefficient (Wildman–Crippen LogP) is 5.86. The lowest BCUT2D eigenvalue weighted by Crippen LogP contribution is -2.45. The Morgan fingerprint density at radius 3 is 2.44 bits per heavy atom. The largest absolute Gasteiger partial charge is 0.517 e. The molecule has 0 radical (unpaired) electrons. The minimum Gasteiger partial charge on any atom is -0.449 e. The first kappa shape index (κ1) is 26.2. The maximum atomic E-state index is 13.4. The second-order valence-corrected chi connectivity index (χ2v) is 9.48. The lowest BCUT2D eigenvalue weighted by atomic mass is 9.90. The molecule has 180 valence electrons. The van der Waals surface area contributed by atoms with Crippen molar-refractivity contribution in [1.82, 2.24) is 0 Å². The Labute approximate surface area is 190 Å². The number of oxime groups is 1. The van der Waals surface area contributed by atoms with E-state index >= 15 is 0 Å². The van der Waals surface area contributed by atoms with Crippen molar-refractivity contribution in [1.29, 1.82) is 0 Å². The molecule has 1 aliphatic rings. The predicted molar refractivity (Wildman–Crippen MR) is 115 cm³/mol. The molecular formula is C20H26ClF3N2O5S. The average Bonchev–Trinajstić information content (AvgIpc) is 2.72. The number of carbonyl (C=O) groups is 1. The van der Waals surface area contributed by atoms with Crippen LogP contribution in [0.2, 0.25) is 5.02 Å². The fraction of sp³-hybridized carbons (Fsp3) is 0.600. The van der Waals surface area contributed by atoms with Crippen molar-refractivity contribution in [2.24, 2.45) is 11.1 Å². The Balaban J connectivity index is 2.50. The van der Waals surface area contributed by atoms with Crippen molar-refractivity contribution in [2.45, 2.75) is 57.9 Å². The fourth-order valence-electron chi connectivity index (χ4n) is 3.41. The molecule has 0 saturated heterocycles. The van der Waals surface area contributed by atoms with Gasteiger partial charge >= 0.3 is 21.6 Å². The summed E-state index contributed by atoms with van der Waals surface area (Å²) in [5.74, 6) is 0.325. The van der Waals surface area contributed by atoms with Crippen LogP contribution in [0, 0.1) is 5.92 Å². The summed E-state index contributed by atoms with van der Waals surface area (Å²) in [5.41, 5.74) is -6.25. The minimum atomic E-state index is -6.11. The number of nitrogens with zero attached hydrogens (tertiary/aromatic N) is 2. The highest BCUT2D eigenvalue weighted by atomic mass is 35.5. The normalized spacial score (nSPS) is 16.0. The van der Waals surface area contributed by atoms with Crippen LogP contribution in [0.1, 0.15) is 57.9 Å². The molecule has 1 amide bonds. The Hall–Kier alpha value is -2.01. The zero-order valence-electron chi connectivity index (χ0n) is 17.8. The molecule has 1 aliphatic carbocycles. The lowest BCUT2D eigenvalue weighted by molar-refractivity contribution is -0.0438. The number of halogens is 4. The summed E-state index contributed by atoms with van der Waals surface area (Å²) in [6.07, 6.45) is 3.86. The standard InChI is InChI=1S/C20H26ClF3N2O5S/c1-3-17(25-31-13-14-8-6-5-7-9-14)16-12-15(21)10-11-18(16)26(19(27)30-4-2)32(28,29)20(22,23)24/h10-12,14H,3-9,13H2,1-2H3/b25-17+. The highest BCUT2D eigenvalue weighted by molar-refractivity contribution is 7.94. The SMILES string of the molecule is CCOC(=O)N(c1ccc(Cl)cc1/C(CC)=N/OCC1CCCCC1)S(=O)(=O)C(F)(F)F. The number of amides is 1. The van der Waals surface area contributed by atoms with Gasteiger partial charge in [0.15, 0.2) is 0 Å². The summed E-state index contributed by atoms with van der Waals surface area (Å²) in [6.45, 7) is 3.02. The molecule has 0 aliphatic heterocycles. The van der Waals surface area contributed by atoms with Crippen molar-refractivity contribution in [2.75, 3.05) is 17.5 Å². The van der Waals surface area contributed by atoms with Gasteiger partial charge in [-0.2, -0.15) is 25.9 Å². The second kappa shape index (κ2) is 11.2. The van der Waals surface area contributed by atoms with E-state index in [1.807, 2.05) is 0 Å². The third-order valence-corrected chi connectivity index (χ3v) is 6.65. The van der Waals surface area contributed by atoms with Crippen molar-refractivity contribution in [3.8, 4) is 0 Å². The van der Waals surface area contributed by atoms with Gasteiger partial charge < -0.3 is 9.57 Å². The molecule has 0 atom stereocenters. The molecule has 0 unspecified atom stereocenters. The summed E-state index contributed by atoms with van der Waals surface area (Å²) in [7, 11) is -6.11. The first-order valence-electron chi connectivity index (χ1n) is 10.3. The van der Waals surface area contributed by atoms with E-state index in [1.165, 1.54) is 25.5 Å². The van der Waals surface area contributed by atoms with E-state index in [0.717, 1.165) is 31.7 Å². The van der Waals surface area contributed by atoms with Crippen molar-refractivity contribution in [3.63, 3.8) is 0 Å². The van der Waals surface area contributed by atoms with E-state index in [-0.39, 0.29) is 29.3 Å². The van der Waals surface area contributed by atoms with Crippen LogP contribution in [0.4, 0.5) is 23.7 Å². The van der Waals surface area contributed by atoms with Crippen LogP contribution < -0.4 is 4.31 Å². The van der Waals surface area contributed by atoms with E-state index in [4.69, 9.17) is 16.4 Å². The Kier molecular flexibility index (Phi) is 9.20. The monoisotopic (exact) mass is 498 g/mol. The van der Waals surface area contributed by atoms with Crippen LogP contribution in [-0.4, -0.2) is 38.9 Å². The number of sulfonamides is 1. The molecular weight excluding hydrogens is 473 g/mol. The second-order valence-electron chi connectivity index (χ2n) is 7.27. The van der Waals surface area contributed by atoms with Gasteiger partial charge in [0.2, 0.25) is 0 Å². The van der Waals surface area contributed by atoms with Crippen molar-refractivity contribution in [3.05, 3.63) is 28.8 Å². The highest BCUT2D eigenvalue weighted by Crippen LogP contribution is 2.35. The number of anilines is 1. The van der Waals surface area contributed by atoms with Gasteiger partial charge in [-0.25, -0.2) is 4.79 Å². The molecule has 7 nitrogen and oxygen atoms in total. The van der Waals surface area contributed by atoms with E-state index < -0.39 is 31.6 Å². The maximum Gasteiger partial charge on any atom is 0.517 e. The van der Waals surface area contributed by atoms with Gasteiger partial charge in [0.1, 0.15) is 6.61 Å². The smallest absolute Gasteiger partial charge is 0.449 e. The molecule has 1 fully saturated rings. The summed E-state index contributed by atoms with van der Waals surface area (Å²) >= 11 is 6.02. The molecule has 0 spiro atoms. The number of rotatable bonds is 8. The van der Waals surface area contributed by atoms with E-state index in [2.05, 4.69) is 9.89 Å². The average molecular weight is 499 g/mol. The molecule has 1 aromatic carbocycles. The quantitative estimate of drug-likeness (QED) is 0.331. The van der Waals surface area contributed by atoms with Crippen molar-refractivity contribution < 1.29 is 36.0 Å². The van der Waals surface area contributed by atoms with Gasteiger partial charge in [-0.1, -0.05) is 42.9 Å². The molecule has 1 saturated carbocycles. The van der Waals surface area contributed by atoms with Crippen LogP contribution in [0.5, 0.6) is 0 Å². The van der Waals surface area contributed by atoms with Gasteiger partial charge in [-0.05, 0) is 50.3 Å². The first-order valence-corrected chi connectivity index (χ1v) is 12.1. The van der Waals surface area contributed by atoms with Crippen LogP contribution in [0.15, 0.2) is 23.4 Å². The molecule has 0 heterocycles. The molecule has 1 aromatic rings. The van der Waals surface area contributed by atoms with Gasteiger partial charge in [-0.15, -0.1) is 0 Å². The van der Waals surface area contributed by atoms with Gasteiger partial charge in [0.25, 0.3) is 0 Å². The van der Waals surface area contributed by atoms with Crippen LogP contribution in [0.3, 0.4) is 0 Å². The Morgan fingerprint density at radius 2 is 1.88 bits per heavy atom. The lowest BCUT2D eigenvalue weighted by Gasteiger charge is -2.25. The minimum absolute atomic E-state index is 0.0791. The summed E-state index contributed by atoms with van der Waals surface area (Å²) in [5, 5.41) is 4.16. The zero-order valence-corrected chi connectivity index (χ0v) is 19.4. The zero-order chi connectivity index (χ0) is 23.9. The number of hydrogen-bond acceptors (Lipinski definition) is 6. The molecule has 32 heavy (non-hydrogen) atoms. The number of carbonyl (C=O) groups excluding carboxylic acids is 1. The third kappa shape index (κ3) is 6.28. The molecule has 2 rings (SSSR count). The van der Waals surface area contributed by atoms with Crippen LogP contribution in [-0.2, 0) is 19.6 Å². The summed E-state index contributed by atoms with van der Waals surface area (Å²) < 4.78 is 68.7. The molecule has 12 heteroatoms. The van der Waals surface area contributed by atoms with Crippen molar-refractivity contribution >= 4 is 39.1 Å². The third-order valence-electron chi connectivity index (χ3n) is 5.00.